The van der Waals surface area contributed by atoms with E-state index in [1.165, 1.54) is 4.21 Å². The minimum Gasteiger partial charge on any atom is -0.497 e. The van der Waals surface area contributed by atoms with Crippen molar-refractivity contribution in [2.75, 3.05) is 18.5 Å². The van der Waals surface area contributed by atoms with Crippen molar-refractivity contribution in [2.45, 2.75) is 4.21 Å². The quantitative estimate of drug-likeness (QED) is 0.757. The SMILES string of the molecule is COc1cccc(N(C)Sc2ccc(Br)s2)c1. The normalized spacial score (nSPS) is 10.3. The molecule has 0 aliphatic carbocycles. The van der Waals surface area contributed by atoms with Gasteiger partial charge in [0.05, 0.1) is 20.8 Å². The smallest absolute Gasteiger partial charge is 0.120 e. The Bertz CT molecular complexity index is 501. The van der Waals surface area contributed by atoms with E-state index < -0.39 is 0 Å². The number of benzene rings is 1. The molecule has 5 heteroatoms. The summed E-state index contributed by atoms with van der Waals surface area (Å²) in [6.45, 7) is 0. The van der Waals surface area contributed by atoms with Crippen LogP contribution >= 0.6 is 39.2 Å². The van der Waals surface area contributed by atoms with Crippen molar-refractivity contribution in [1.29, 1.82) is 0 Å². The number of nitrogens with zero attached hydrogens (tertiary/aromatic N) is 1. The van der Waals surface area contributed by atoms with Crippen LogP contribution < -0.4 is 9.04 Å². The molecule has 0 saturated heterocycles. The lowest BCUT2D eigenvalue weighted by Crippen LogP contribution is -2.05. The number of ether oxygens (including phenoxy) is 1. The molecule has 0 bridgehead atoms. The second-order valence-corrected chi connectivity index (χ2v) is 7.24. The van der Waals surface area contributed by atoms with Crippen molar-refractivity contribution in [2.24, 2.45) is 0 Å². The van der Waals surface area contributed by atoms with Crippen LogP contribution in [0.1, 0.15) is 0 Å². The number of anilines is 1. The highest BCUT2D eigenvalue weighted by Crippen LogP contribution is 2.35. The number of thiophene rings is 1. The van der Waals surface area contributed by atoms with Gasteiger partial charge in [-0.05, 0) is 52.1 Å². The molecule has 0 aliphatic heterocycles. The van der Waals surface area contributed by atoms with Gasteiger partial charge in [-0.3, -0.25) is 0 Å². The Balaban J connectivity index is 2.11. The van der Waals surface area contributed by atoms with Gasteiger partial charge >= 0.3 is 0 Å². The van der Waals surface area contributed by atoms with E-state index in [1.807, 2.05) is 25.2 Å². The van der Waals surface area contributed by atoms with E-state index >= 15 is 0 Å². The highest BCUT2D eigenvalue weighted by Gasteiger charge is 2.06. The molecule has 2 rings (SSSR count). The molecular weight excluding hydrogens is 318 g/mol. The number of halogens is 1. The summed E-state index contributed by atoms with van der Waals surface area (Å²) in [5.41, 5.74) is 1.12. The zero-order chi connectivity index (χ0) is 12.3. The maximum atomic E-state index is 5.22. The third kappa shape index (κ3) is 3.40. The molecule has 17 heavy (non-hydrogen) atoms. The van der Waals surface area contributed by atoms with Crippen molar-refractivity contribution < 1.29 is 4.74 Å². The average molecular weight is 330 g/mol. The fourth-order valence-corrected chi connectivity index (χ4v) is 4.15. The van der Waals surface area contributed by atoms with Gasteiger partial charge < -0.3 is 9.04 Å². The first-order valence-electron chi connectivity index (χ1n) is 5.00. The summed E-state index contributed by atoms with van der Waals surface area (Å²) < 4.78 is 9.75. The minimum absolute atomic E-state index is 0.877. The number of hydrogen-bond donors (Lipinski definition) is 0. The lowest BCUT2D eigenvalue weighted by atomic mass is 10.3. The molecule has 0 fully saturated rings. The van der Waals surface area contributed by atoms with E-state index in [4.69, 9.17) is 4.74 Å². The summed E-state index contributed by atoms with van der Waals surface area (Å²) in [6, 6.07) is 12.2. The van der Waals surface area contributed by atoms with Gasteiger partial charge in [0.15, 0.2) is 0 Å². The molecule has 2 aromatic rings. The summed E-state index contributed by atoms with van der Waals surface area (Å²) >= 11 is 6.90. The predicted molar refractivity (Wildman–Crippen MR) is 79.3 cm³/mol. The van der Waals surface area contributed by atoms with Gasteiger partial charge in [-0.15, -0.1) is 11.3 Å². The summed E-state index contributed by atoms with van der Waals surface area (Å²) in [7, 11) is 3.73. The van der Waals surface area contributed by atoms with Crippen LogP contribution in [-0.2, 0) is 0 Å². The zero-order valence-electron chi connectivity index (χ0n) is 9.51. The van der Waals surface area contributed by atoms with Gasteiger partial charge in [0.25, 0.3) is 0 Å². The molecule has 0 saturated carbocycles. The van der Waals surface area contributed by atoms with Crippen molar-refractivity contribution in [1.82, 2.24) is 0 Å². The molecule has 1 heterocycles. The second-order valence-electron chi connectivity index (χ2n) is 3.35. The maximum absolute atomic E-state index is 5.22. The number of rotatable bonds is 4. The van der Waals surface area contributed by atoms with Crippen LogP contribution in [0.25, 0.3) is 0 Å². The third-order valence-corrected chi connectivity index (χ3v) is 4.88. The van der Waals surface area contributed by atoms with Crippen molar-refractivity contribution in [3.8, 4) is 5.75 Å². The van der Waals surface area contributed by atoms with Crippen LogP contribution in [0.3, 0.4) is 0 Å². The van der Waals surface area contributed by atoms with Gasteiger partial charge in [-0.2, -0.15) is 0 Å². The molecule has 1 aromatic heterocycles. The zero-order valence-corrected chi connectivity index (χ0v) is 12.7. The Kier molecular flexibility index (Phi) is 4.36. The average Bonchev–Trinajstić information content (AvgIpc) is 2.75. The summed E-state index contributed by atoms with van der Waals surface area (Å²) in [5.74, 6) is 0.877. The fourth-order valence-electron chi connectivity index (χ4n) is 1.34. The Morgan fingerprint density at radius 2 is 2.12 bits per heavy atom. The van der Waals surface area contributed by atoms with Crippen molar-refractivity contribution >= 4 is 44.9 Å². The van der Waals surface area contributed by atoms with Crippen LogP contribution in [0, 0.1) is 0 Å². The van der Waals surface area contributed by atoms with E-state index in [0.29, 0.717) is 0 Å². The summed E-state index contributed by atoms with van der Waals surface area (Å²) in [6.07, 6.45) is 0. The van der Waals surface area contributed by atoms with Gasteiger partial charge in [0.1, 0.15) is 5.75 Å². The Hall–Kier alpha value is -0.650. The molecule has 90 valence electrons. The van der Waals surface area contributed by atoms with E-state index in [9.17, 15) is 0 Å². The van der Waals surface area contributed by atoms with Gasteiger partial charge in [0.2, 0.25) is 0 Å². The van der Waals surface area contributed by atoms with Gasteiger partial charge in [0, 0.05) is 13.1 Å². The fraction of sp³-hybridized carbons (Fsp3) is 0.167. The third-order valence-electron chi connectivity index (χ3n) is 2.19. The second kappa shape index (κ2) is 5.80. The molecule has 0 aliphatic rings. The highest BCUT2D eigenvalue weighted by molar-refractivity contribution is 9.11. The largest absolute Gasteiger partial charge is 0.497 e. The molecule has 0 radical (unpaired) electrons. The van der Waals surface area contributed by atoms with Crippen molar-refractivity contribution in [3.05, 3.63) is 40.2 Å². The Morgan fingerprint density at radius 3 is 2.76 bits per heavy atom. The molecule has 1 aromatic carbocycles. The maximum Gasteiger partial charge on any atom is 0.120 e. The Morgan fingerprint density at radius 1 is 1.29 bits per heavy atom. The van der Waals surface area contributed by atoms with Crippen LogP contribution in [0.2, 0.25) is 0 Å². The summed E-state index contributed by atoms with van der Waals surface area (Å²) in [5, 5.41) is 0. The van der Waals surface area contributed by atoms with E-state index in [2.05, 4.69) is 38.4 Å². The first-order chi connectivity index (χ1) is 8.19. The minimum atomic E-state index is 0.877. The molecule has 2 nitrogen and oxygen atoms in total. The molecule has 0 spiro atoms. The van der Waals surface area contributed by atoms with Crippen molar-refractivity contribution in [3.63, 3.8) is 0 Å². The molecule has 0 atom stereocenters. The first-order valence-corrected chi connectivity index (χ1v) is 7.38. The predicted octanol–water partition coefficient (Wildman–Crippen LogP) is 4.66. The standard InChI is InChI=1S/C12H12BrNOS2/c1-14(17-12-7-6-11(13)16-12)9-4-3-5-10(8-9)15-2/h3-8H,1-2H3. The van der Waals surface area contributed by atoms with E-state index in [-0.39, 0.29) is 0 Å². The van der Waals surface area contributed by atoms with Crippen LogP contribution in [0.4, 0.5) is 5.69 Å². The first kappa shape index (κ1) is 12.8. The lowest BCUT2D eigenvalue weighted by Gasteiger charge is -2.17. The Labute approximate surface area is 118 Å². The monoisotopic (exact) mass is 329 g/mol. The highest BCUT2D eigenvalue weighted by atomic mass is 79.9. The summed E-state index contributed by atoms with van der Waals surface area (Å²) in [4.78, 5) is 0. The molecule has 0 amide bonds. The van der Waals surface area contributed by atoms with Gasteiger partial charge in [-0.1, -0.05) is 6.07 Å². The van der Waals surface area contributed by atoms with Gasteiger partial charge in [-0.25, -0.2) is 0 Å². The molecular formula is C12H12BrNOS2. The van der Waals surface area contributed by atoms with Crippen LogP contribution in [0.5, 0.6) is 5.75 Å². The van der Waals surface area contributed by atoms with E-state index in [0.717, 1.165) is 15.2 Å². The molecule has 0 unspecified atom stereocenters. The topological polar surface area (TPSA) is 12.5 Å². The lowest BCUT2D eigenvalue weighted by molar-refractivity contribution is 0.415. The number of methoxy groups -OCH3 is 1. The molecule has 0 N–H and O–H groups in total. The number of hydrogen-bond acceptors (Lipinski definition) is 4. The van der Waals surface area contributed by atoms with E-state index in [1.54, 1.807) is 30.4 Å². The van der Waals surface area contributed by atoms with Crippen LogP contribution in [0.15, 0.2) is 44.4 Å². The van der Waals surface area contributed by atoms with Crippen LogP contribution in [-0.4, -0.2) is 14.2 Å².